The van der Waals surface area contributed by atoms with E-state index in [0.29, 0.717) is 6.54 Å². The van der Waals surface area contributed by atoms with E-state index in [2.05, 4.69) is 0 Å². The summed E-state index contributed by atoms with van der Waals surface area (Å²) in [6.07, 6.45) is 1.22. The lowest BCUT2D eigenvalue weighted by Crippen LogP contribution is -2.45. The molecule has 0 bridgehead atoms. The van der Waals surface area contributed by atoms with Crippen molar-refractivity contribution >= 4 is 5.91 Å². The highest BCUT2D eigenvalue weighted by atomic mass is 16.2. The molecule has 0 radical (unpaired) electrons. The lowest BCUT2D eigenvalue weighted by Gasteiger charge is -2.25. The molecule has 2 rings (SSSR count). The summed E-state index contributed by atoms with van der Waals surface area (Å²) in [7, 11) is 1.62. The molecule has 0 saturated heterocycles. The molecule has 1 aromatic heterocycles. The lowest BCUT2D eigenvalue weighted by molar-refractivity contribution is -0.132. The number of likely N-dealkylation sites (N-methyl/N-ethyl adjacent to an activating group) is 1. The highest BCUT2D eigenvalue weighted by molar-refractivity contribution is 5.76. The number of carbonyl (C=O) groups is 1. The van der Waals surface area contributed by atoms with E-state index < -0.39 is 17.8 Å². The quantitative estimate of drug-likeness (QED) is 0.816. The standard InChI is InChI=1S/C18H20N4O3/c1-4-21-11-15(10-19)17(24)22(18(21)25)12-16(23)20(3)13(2)14-8-6-5-7-9-14/h5-9,11,13H,4,12H2,1-3H3/t13-/m0/s1. The topological polar surface area (TPSA) is 88.1 Å². The minimum atomic E-state index is -0.744. The van der Waals surface area contributed by atoms with E-state index in [-0.39, 0.29) is 17.5 Å². The summed E-state index contributed by atoms with van der Waals surface area (Å²) in [5, 5.41) is 9.06. The van der Waals surface area contributed by atoms with Gasteiger partial charge in [0.25, 0.3) is 5.56 Å². The number of rotatable bonds is 5. The Balaban J connectivity index is 2.33. The van der Waals surface area contributed by atoms with Crippen LogP contribution in [0.1, 0.15) is 31.0 Å². The predicted molar refractivity (Wildman–Crippen MR) is 93.0 cm³/mol. The van der Waals surface area contributed by atoms with Gasteiger partial charge in [-0.3, -0.25) is 14.2 Å². The van der Waals surface area contributed by atoms with Gasteiger partial charge >= 0.3 is 5.69 Å². The molecule has 0 unspecified atom stereocenters. The predicted octanol–water partition coefficient (Wildman–Crippen LogP) is 1.12. The van der Waals surface area contributed by atoms with Gasteiger partial charge in [0.05, 0.1) is 6.04 Å². The van der Waals surface area contributed by atoms with Crippen molar-refractivity contribution in [2.45, 2.75) is 33.0 Å². The van der Waals surface area contributed by atoms with Crippen molar-refractivity contribution in [3.63, 3.8) is 0 Å². The van der Waals surface area contributed by atoms with Crippen molar-refractivity contribution < 1.29 is 4.79 Å². The third kappa shape index (κ3) is 3.69. The molecule has 2 aromatic rings. The summed E-state index contributed by atoms with van der Waals surface area (Å²) in [4.78, 5) is 38.6. The molecule has 1 amide bonds. The molecule has 25 heavy (non-hydrogen) atoms. The molecule has 0 N–H and O–H groups in total. The molecular formula is C18H20N4O3. The molecule has 130 valence electrons. The molecule has 7 nitrogen and oxygen atoms in total. The van der Waals surface area contributed by atoms with Crippen molar-refractivity contribution in [1.29, 1.82) is 5.26 Å². The van der Waals surface area contributed by atoms with Crippen LogP contribution >= 0.6 is 0 Å². The van der Waals surface area contributed by atoms with Crippen molar-refractivity contribution in [2.24, 2.45) is 0 Å². The van der Waals surface area contributed by atoms with E-state index in [9.17, 15) is 14.4 Å². The second kappa shape index (κ2) is 7.62. The fourth-order valence-corrected chi connectivity index (χ4v) is 2.51. The highest BCUT2D eigenvalue weighted by Gasteiger charge is 2.20. The summed E-state index contributed by atoms with van der Waals surface area (Å²) in [6, 6.07) is 11.0. The van der Waals surface area contributed by atoms with E-state index in [1.807, 2.05) is 37.3 Å². The number of aryl methyl sites for hydroxylation is 1. The van der Waals surface area contributed by atoms with Gasteiger partial charge in [0, 0.05) is 19.8 Å². The van der Waals surface area contributed by atoms with Gasteiger partial charge in [0.1, 0.15) is 18.2 Å². The minimum absolute atomic E-state index is 0.159. The van der Waals surface area contributed by atoms with Gasteiger partial charge in [-0.15, -0.1) is 0 Å². The third-order valence-electron chi connectivity index (χ3n) is 4.25. The Morgan fingerprint density at radius 2 is 1.92 bits per heavy atom. The maximum Gasteiger partial charge on any atom is 0.331 e. The van der Waals surface area contributed by atoms with Crippen LogP contribution in [0.4, 0.5) is 0 Å². The maximum absolute atomic E-state index is 12.6. The number of benzene rings is 1. The average molecular weight is 340 g/mol. The fourth-order valence-electron chi connectivity index (χ4n) is 2.51. The van der Waals surface area contributed by atoms with Crippen molar-refractivity contribution in [3.05, 3.63) is 68.5 Å². The van der Waals surface area contributed by atoms with Crippen molar-refractivity contribution in [2.75, 3.05) is 7.05 Å². The first-order chi connectivity index (χ1) is 11.9. The minimum Gasteiger partial charge on any atom is -0.337 e. The van der Waals surface area contributed by atoms with E-state index >= 15 is 0 Å². The molecule has 1 heterocycles. The van der Waals surface area contributed by atoms with Gasteiger partial charge in [0.15, 0.2) is 0 Å². The highest BCUT2D eigenvalue weighted by Crippen LogP contribution is 2.18. The zero-order valence-electron chi connectivity index (χ0n) is 14.5. The smallest absolute Gasteiger partial charge is 0.331 e. The second-order valence-electron chi connectivity index (χ2n) is 5.71. The van der Waals surface area contributed by atoms with E-state index in [1.165, 1.54) is 15.7 Å². The molecule has 1 atom stereocenters. The van der Waals surface area contributed by atoms with Crippen molar-refractivity contribution in [3.8, 4) is 6.07 Å². The lowest BCUT2D eigenvalue weighted by atomic mass is 10.1. The van der Waals surface area contributed by atoms with Crippen LogP contribution in [-0.2, 0) is 17.9 Å². The monoisotopic (exact) mass is 340 g/mol. The zero-order chi connectivity index (χ0) is 18.6. The molecule has 0 aliphatic carbocycles. The zero-order valence-corrected chi connectivity index (χ0v) is 14.5. The van der Waals surface area contributed by atoms with Crippen LogP contribution in [0.3, 0.4) is 0 Å². The van der Waals surface area contributed by atoms with Gasteiger partial charge < -0.3 is 4.90 Å². The molecule has 7 heteroatoms. The molecule has 0 spiro atoms. The Labute approximate surface area is 145 Å². The summed E-state index contributed by atoms with van der Waals surface area (Å²) in [5.41, 5.74) is -0.553. The summed E-state index contributed by atoms with van der Waals surface area (Å²) < 4.78 is 2.06. The average Bonchev–Trinajstić information content (AvgIpc) is 2.64. The SMILES string of the molecule is CCn1cc(C#N)c(=O)n(CC(=O)N(C)[C@@H](C)c2ccccc2)c1=O. The Hall–Kier alpha value is -3.14. The van der Waals surface area contributed by atoms with Gasteiger partial charge in [-0.25, -0.2) is 9.36 Å². The maximum atomic E-state index is 12.6. The van der Waals surface area contributed by atoms with Crippen LogP contribution in [0.5, 0.6) is 0 Å². The van der Waals surface area contributed by atoms with E-state index in [1.54, 1.807) is 20.0 Å². The Bertz CT molecular complexity index is 922. The third-order valence-corrected chi connectivity index (χ3v) is 4.25. The first-order valence-electron chi connectivity index (χ1n) is 7.95. The number of hydrogen-bond donors (Lipinski definition) is 0. The van der Waals surface area contributed by atoms with Gasteiger partial charge in [-0.2, -0.15) is 5.26 Å². The first kappa shape index (κ1) is 18.2. The van der Waals surface area contributed by atoms with E-state index in [0.717, 1.165) is 10.1 Å². The van der Waals surface area contributed by atoms with Gasteiger partial charge in [0.2, 0.25) is 5.91 Å². The summed E-state index contributed by atoms with van der Waals surface area (Å²) in [6.45, 7) is 3.49. The normalized spacial score (nSPS) is 11.6. The van der Waals surface area contributed by atoms with Crippen molar-refractivity contribution in [1.82, 2.24) is 14.0 Å². The van der Waals surface area contributed by atoms with Crippen LogP contribution in [0.25, 0.3) is 0 Å². The second-order valence-corrected chi connectivity index (χ2v) is 5.71. The fraction of sp³-hybridized carbons (Fsp3) is 0.333. The number of aromatic nitrogens is 2. The van der Waals surface area contributed by atoms with Gasteiger partial charge in [-0.1, -0.05) is 30.3 Å². The number of amides is 1. The van der Waals surface area contributed by atoms with Crippen LogP contribution in [0.15, 0.2) is 46.1 Å². The molecule has 0 fully saturated rings. The largest absolute Gasteiger partial charge is 0.337 e. The Morgan fingerprint density at radius 3 is 2.48 bits per heavy atom. The van der Waals surface area contributed by atoms with Gasteiger partial charge in [-0.05, 0) is 19.4 Å². The number of nitriles is 1. The van der Waals surface area contributed by atoms with Crippen LogP contribution < -0.4 is 11.2 Å². The number of carbonyl (C=O) groups excluding carboxylic acids is 1. The number of hydrogen-bond acceptors (Lipinski definition) is 4. The van der Waals surface area contributed by atoms with E-state index in [4.69, 9.17) is 5.26 Å². The van der Waals surface area contributed by atoms with Crippen LogP contribution in [-0.4, -0.2) is 27.0 Å². The Kier molecular flexibility index (Phi) is 5.55. The summed E-state index contributed by atoms with van der Waals surface area (Å²) >= 11 is 0. The van der Waals surface area contributed by atoms with Crippen LogP contribution in [0, 0.1) is 11.3 Å². The molecule has 1 aromatic carbocycles. The Morgan fingerprint density at radius 1 is 1.28 bits per heavy atom. The molecule has 0 aliphatic rings. The first-order valence-corrected chi connectivity index (χ1v) is 7.95. The molecule has 0 saturated carbocycles. The molecule has 0 aliphatic heterocycles. The summed E-state index contributed by atoms with van der Waals surface area (Å²) in [5.74, 6) is -0.381. The molecular weight excluding hydrogens is 320 g/mol. The van der Waals surface area contributed by atoms with Crippen LogP contribution in [0.2, 0.25) is 0 Å². The number of nitrogens with zero attached hydrogens (tertiary/aromatic N) is 4.